The number of aliphatic carboxylic acids is 1. The van der Waals surface area contributed by atoms with Crippen LogP contribution in [-0.4, -0.2) is 52.0 Å². The zero-order valence-corrected chi connectivity index (χ0v) is 12.3. The van der Waals surface area contributed by atoms with Crippen molar-refractivity contribution in [2.45, 2.75) is 88.5 Å². The minimum absolute atomic E-state index is 0.0463. The lowest BCUT2D eigenvalue weighted by atomic mass is 10.0. The molecule has 2 fully saturated rings. The van der Waals surface area contributed by atoms with E-state index in [1.165, 1.54) is 25.7 Å². The summed E-state index contributed by atoms with van der Waals surface area (Å²) in [7, 11) is 0. The molecule has 122 valence electrons. The maximum absolute atomic E-state index is 11.0. The summed E-state index contributed by atoms with van der Waals surface area (Å²) >= 11 is 0. The van der Waals surface area contributed by atoms with Gasteiger partial charge in [-0.2, -0.15) is 0 Å². The first-order valence-corrected chi connectivity index (χ1v) is 7.98. The number of carboxylic acids is 1. The van der Waals surface area contributed by atoms with Gasteiger partial charge >= 0.3 is 5.97 Å². The summed E-state index contributed by atoms with van der Waals surface area (Å²) < 4.78 is 11.2. The van der Waals surface area contributed by atoms with E-state index in [2.05, 4.69) is 0 Å². The molecule has 0 radical (unpaired) electrons. The van der Waals surface area contributed by atoms with E-state index in [1.807, 2.05) is 0 Å². The molecular formula is C15H26O6. The van der Waals surface area contributed by atoms with Crippen molar-refractivity contribution in [3.8, 4) is 0 Å². The molecule has 0 aromatic carbocycles. The number of ether oxygens (including phenoxy) is 2. The summed E-state index contributed by atoms with van der Waals surface area (Å²) in [4.78, 5) is 11.0. The summed E-state index contributed by atoms with van der Waals surface area (Å²) in [6.07, 6.45) is 4.47. The van der Waals surface area contributed by atoms with Gasteiger partial charge in [-0.1, -0.05) is 38.5 Å². The van der Waals surface area contributed by atoms with Crippen LogP contribution in [0.15, 0.2) is 0 Å². The molecule has 1 heterocycles. The Hall–Kier alpha value is -0.690. The van der Waals surface area contributed by atoms with Crippen molar-refractivity contribution in [2.24, 2.45) is 0 Å². The van der Waals surface area contributed by atoms with Crippen molar-refractivity contribution < 1.29 is 29.6 Å². The maximum Gasteiger partial charge on any atom is 0.335 e. The zero-order chi connectivity index (χ0) is 15.2. The molecule has 0 amide bonds. The van der Waals surface area contributed by atoms with E-state index in [1.54, 1.807) is 0 Å². The molecule has 4 atom stereocenters. The second-order valence-electron chi connectivity index (χ2n) is 6.07. The van der Waals surface area contributed by atoms with Crippen molar-refractivity contribution in [2.75, 3.05) is 0 Å². The average molecular weight is 302 g/mol. The molecule has 2 rings (SSSR count). The Kier molecular flexibility index (Phi) is 6.41. The van der Waals surface area contributed by atoms with Gasteiger partial charge in [0.1, 0.15) is 6.10 Å². The lowest BCUT2D eigenvalue weighted by molar-refractivity contribution is -0.264. The van der Waals surface area contributed by atoms with Crippen molar-refractivity contribution in [3.63, 3.8) is 0 Å². The van der Waals surface area contributed by atoms with E-state index in [0.717, 1.165) is 25.7 Å². The van der Waals surface area contributed by atoms with E-state index in [-0.39, 0.29) is 12.5 Å². The number of carbonyl (C=O) groups is 1. The predicted octanol–water partition coefficient (Wildman–Crippen LogP) is 1.43. The van der Waals surface area contributed by atoms with Crippen LogP contribution in [0.5, 0.6) is 0 Å². The third kappa shape index (κ3) is 4.92. The minimum Gasteiger partial charge on any atom is -0.479 e. The van der Waals surface area contributed by atoms with Crippen LogP contribution >= 0.6 is 0 Å². The summed E-state index contributed by atoms with van der Waals surface area (Å²) in [6, 6.07) is 0. The van der Waals surface area contributed by atoms with Crippen molar-refractivity contribution in [1.29, 1.82) is 0 Å². The van der Waals surface area contributed by atoms with Crippen LogP contribution in [0.2, 0.25) is 0 Å². The van der Waals surface area contributed by atoms with E-state index < -0.39 is 30.6 Å². The van der Waals surface area contributed by atoms with Crippen LogP contribution in [0.25, 0.3) is 0 Å². The average Bonchev–Trinajstić information content (AvgIpc) is 2.56. The van der Waals surface area contributed by atoms with Crippen LogP contribution < -0.4 is 0 Å². The highest BCUT2D eigenvalue weighted by Crippen LogP contribution is 2.26. The molecule has 1 aliphatic carbocycles. The topological polar surface area (TPSA) is 96.2 Å². The second-order valence-corrected chi connectivity index (χ2v) is 6.07. The molecule has 3 N–H and O–H groups in total. The fourth-order valence-electron chi connectivity index (χ4n) is 3.08. The summed E-state index contributed by atoms with van der Waals surface area (Å²) in [5.41, 5.74) is 0. The molecule has 1 saturated carbocycles. The van der Waals surface area contributed by atoms with Crippen LogP contribution in [-0.2, 0) is 14.3 Å². The van der Waals surface area contributed by atoms with Gasteiger partial charge in [-0.25, -0.2) is 4.79 Å². The normalized spacial score (nSPS) is 36.5. The lowest BCUT2D eigenvalue weighted by Gasteiger charge is -2.36. The Morgan fingerprint density at radius 3 is 2.14 bits per heavy atom. The van der Waals surface area contributed by atoms with Crippen molar-refractivity contribution in [1.82, 2.24) is 0 Å². The first-order valence-electron chi connectivity index (χ1n) is 7.98. The van der Waals surface area contributed by atoms with E-state index >= 15 is 0 Å². The van der Waals surface area contributed by atoms with E-state index in [0.29, 0.717) is 0 Å². The molecular weight excluding hydrogens is 276 g/mol. The zero-order valence-electron chi connectivity index (χ0n) is 12.3. The van der Waals surface area contributed by atoms with E-state index in [9.17, 15) is 15.0 Å². The smallest absolute Gasteiger partial charge is 0.335 e. The summed E-state index contributed by atoms with van der Waals surface area (Å²) in [5, 5.41) is 28.4. The molecule has 6 nitrogen and oxygen atoms in total. The molecule has 0 aromatic rings. The molecule has 1 aliphatic heterocycles. The van der Waals surface area contributed by atoms with Gasteiger partial charge in [0.2, 0.25) is 0 Å². The molecule has 0 spiro atoms. The Morgan fingerprint density at radius 2 is 1.57 bits per heavy atom. The quantitative estimate of drug-likeness (QED) is 0.730. The van der Waals surface area contributed by atoms with Gasteiger partial charge in [-0.15, -0.1) is 0 Å². The van der Waals surface area contributed by atoms with Gasteiger partial charge in [-0.05, 0) is 12.8 Å². The van der Waals surface area contributed by atoms with Gasteiger partial charge in [0.05, 0.1) is 12.2 Å². The Labute approximate surface area is 125 Å². The summed E-state index contributed by atoms with van der Waals surface area (Å²) in [5.74, 6) is -1.27. The highest BCUT2D eigenvalue weighted by atomic mass is 16.7. The first-order chi connectivity index (χ1) is 10.1. The standard InChI is InChI=1S/C15H26O6/c16-11-9-12(21-14(13(11)17)15(18)19)20-10-7-5-3-1-2-4-6-8-10/h10-14,16-17H,1-9H2,(H,18,19). The molecule has 1 saturated heterocycles. The Morgan fingerprint density at radius 1 is 1.00 bits per heavy atom. The van der Waals surface area contributed by atoms with Gasteiger partial charge in [-0.3, -0.25) is 0 Å². The third-order valence-corrected chi connectivity index (χ3v) is 4.33. The highest BCUT2D eigenvalue weighted by Gasteiger charge is 2.42. The molecule has 6 heteroatoms. The number of carboxylic acid groups (broad SMARTS) is 1. The monoisotopic (exact) mass is 302 g/mol. The molecule has 2 aliphatic rings. The number of aliphatic hydroxyl groups is 2. The van der Waals surface area contributed by atoms with Gasteiger partial charge in [0.15, 0.2) is 12.4 Å². The number of rotatable bonds is 3. The highest BCUT2D eigenvalue weighted by molar-refractivity contribution is 5.73. The number of aliphatic hydroxyl groups excluding tert-OH is 2. The molecule has 21 heavy (non-hydrogen) atoms. The fourth-order valence-corrected chi connectivity index (χ4v) is 3.08. The SMILES string of the molecule is O=C(O)C1OC(OC2CCCCCCCC2)CC(O)C1O. The largest absolute Gasteiger partial charge is 0.479 e. The third-order valence-electron chi connectivity index (χ3n) is 4.33. The van der Waals surface area contributed by atoms with Gasteiger partial charge in [0.25, 0.3) is 0 Å². The van der Waals surface area contributed by atoms with Gasteiger partial charge < -0.3 is 24.8 Å². The fraction of sp³-hybridized carbons (Fsp3) is 0.933. The van der Waals surface area contributed by atoms with Crippen LogP contribution in [0.1, 0.15) is 57.8 Å². The number of hydrogen-bond acceptors (Lipinski definition) is 5. The Bertz CT molecular complexity index is 324. The minimum atomic E-state index is -1.42. The van der Waals surface area contributed by atoms with Crippen LogP contribution in [0.3, 0.4) is 0 Å². The Balaban J connectivity index is 1.89. The van der Waals surface area contributed by atoms with Crippen molar-refractivity contribution >= 4 is 5.97 Å². The number of hydrogen-bond donors (Lipinski definition) is 3. The molecule has 0 aromatic heterocycles. The lowest BCUT2D eigenvalue weighted by Crippen LogP contribution is -2.52. The van der Waals surface area contributed by atoms with Crippen LogP contribution in [0, 0.1) is 0 Å². The first kappa shape index (κ1) is 16.7. The summed E-state index contributed by atoms with van der Waals surface area (Å²) in [6.45, 7) is 0. The van der Waals surface area contributed by atoms with Crippen LogP contribution in [0.4, 0.5) is 0 Å². The maximum atomic E-state index is 11.0. The van der Waals surface area contributed by atoms with E-state index in [4.69, 9.17) is 14.6 Å². The predicted molar refractivity (Wildman–Crippen MR) is 74.7 cm³/mol. The molecule has 0 bridgehead atoms. The van der Waals surface area contributed by atoms with Crippen molar-refractivity contribution in [3.05, 3.63) is 0 Å². The molecule has 4 unspecified atom stereocenters. The van der Waals surface area contributed by atoms with Gasteiger partial charge in [0, 0.05) is 6.42 Å². The second kappa shape index (κ2) is 8.08.